The van der Waals surface area contributed by atoms with Crippen LogP contribution in [-0.2, 0) is 10.0 Å². The summed E-state index contributed by atoms with van der Waals surface area (Å²) in [4.78, 5) is 42.5. The number of piperazine rings is 1. The van der Waals surface area contributed by atoms with Gasteiger partial charge in [-0.15, -0.1) is 0 Å². The van der Waals surface area contributed by atoms with Crippen LogP contribution in [0.1, 0.15) is 106 Å². The number of hydrogen-bond donors (Lipinski definition) is 5. The van der Waals surface area contributed by atoms with Crippen LogP contribution in [0.25, 0.3) is 11.0 Å². The summed E-state index contributed by atoms with van der Waals surface area (Å²) in [5, 5.41) is 29.7. The molecule has 67 heavy (non-hydrogen) atoms. The van der Waals surface area contributed by atoms with E-state index in [1.165, 1.54) is 17.3 Å². The number of piperidine rings is 1. The van der Waals surface area contributed by atoms with E-state index < -0.39 is 37.2 Å². The minimum absolute atomic E-state index is 0.0275. The first-order chi connectivity index (χ1) is 32.1. The van der Waals surface area contributed by atoms with Crippen molar-refractivity contribution in [3.05, 3.63) is 99.9 Å². The van der Waals surface area contributed by atoms with E-state index in [-0.39, 0.29) is 46.9 Å². The lowest BCUT2D eigenvalue weighted by Crippen LogP contribution is -2.59. The molecule has 2 saturated heterocycles. The fraction of sp³-hybridized carbons (Fsp3) is 0.490. The number of nitrogens with zero attached hydrogens (tertiary/aromatic N) is 5. The summed E-state index contributed by atoms with van der Waals surface area (Å²) in [7, 11) is -4.77. The number of carbonyl (C=O) groups excluding carboxylic acids is 1. The first-order valence-corrected chi connectivity index (χ1v) is 25.1. The van der Waals surface area contributed by atoms with Gasteiger partial charge in [-0.1, -0.05) is 38.1 Å². The zero-order valence-corrected chi connectivity index (χ0v) is 39.0. The van der Waals surface area contributed by atoms with E-state index in [9.17, 15) is 28.4 Å². The molecule has 18 heteroatoms. The van der Waals surface area contributed by atoms with Crippen LogP contribution in [0, 0.1) is 21.4 Å². The van der Waals surface area contributed by atoms with E-state index >= 15 is 0 Å². The Balaban J connectivity index is 0.856. The highest BCUT2D eigenvalue weighted by Crippen LogP contribution is 2.53. The summed E-state index contributed by atoms with van der Waals surface area (Å²) in [5.74, 6) is -0.260. The molecule has 0 unspecified atom stereocenters. The minimum Gasteiger partial charge on any atom is -0.474 e. The molecule has 10 rings (SSSR count). The van der Waals surface area contributed by atoms with Crippen LogP contribution in [-0.4, -0.2) is 101 Å². The molecule has 2 aromatic carbocycles. The van der Waals surface area contributed by atoms with Crippen molar-refractivity contribution >= 4 is 44.0 Å². The molecule has 5 N–H and O–H groups in total. The summed E-state index contributed by atoms with van der Waals surface area (Å²) in [5.41, 5.74) is 3.20. The van der Waals surface area contributed by atoms with Crippen molar-refractivity contribution in [1.82, 2.24) is 29.9 Å². The topological polar surface area (TPSA) is 217 Å². The third-order valence-electron chi connectivity index (χ3n) is 15.1. The molecule has 5 aliphatic rings. The van der Waals surface area contributed by atoms with Crippen molar-refractivity contribution in [3.8, 4) is 17.4 Å². The van der Waals surface area contributed by atoms with Crippen molar-refractivity contribution in [2.75, 3.05) is 49.5 Å². The van der Waals surface area contributed by atoms with Crippen LogP contribution in [0.4, 0.5) is 17.1 Å². The quantitative estimate of drug-likeness (QED) is 0.0644. The van der Waals surface area contributed by atoms with E-state index in [2.05, 4.69) is 78.2 Å². The SMILES string of the molecule is CC(C)c1ccccc1[C@H]1CNCCN1C1CC2(CCN(c3ccc(C(=O)NS(=O)(=O)c4cc([N+](=O)[O-])c5c(n4)OC[C@H]([C@H]4CC[C@](C)(O)CC4)N5)c(Oc4cnc5[nH]ccc5c4)c3)CC2)C1. The largest absolute Gasteiger partial charge is 0.474 e. The van der Waals surface area contributed by atoms with E-state index in [0.29, 0.717) is 55.1 Å². The number of aromatic nitrogens is 3. The molecule has 3 aromatic heterocycles. The lowest BCUT2D eigenvalue weighted by atomic mass is 9.59. The highest BCUT2D eigenvalue weighted by atomic mass is 32.2. The van der Waals surface area contributed by atoms with Crippen molar-refractivity contribution in [2.45, 2.75) is 107 Å². The number of fused-ring (bicyclic) bond motifs is 2. The fourth-order valence-corrected chi connectivity index (χ4v) is 12.2. The third kappa shape index (κ3) is 9.03. The second-order valence-electron chi connectivity index (χ2n) is 19.9. The number of nitro groups is 1. The van der Waals surface area contributed by atoms with E-state index in [1.807, 2.05) is 6.07 Å². The Morgan fingerprint density at radius 1 is 1.04 bits per heavy atom. The van der Waals surface area contributed by atoms with Gasteiger partial charge in [0, 0.05) is 68.1 Å². The van der Waals surface area contributed by atoms with Crippen LogP contribution in [0.15, 0.2) is 78.1 Å². The minimum atomic E-state index is -4.77. The molecule has 3 aliphatic heterocycles. The Hall–Kier alpha value is -5.82. The van der Waals surface area contributed by atoms with Crippen molar-refractivity contribution < 1.29 is 32.7 Å². The number of carbonyl (C=O) groups is 1. The zero-order chi connectivity index (χ0) is 46.7. The van der Waals surface area contributed by atoms with Crippen LogP contribution >= 0.6 is 0 Å². The number of benzene rings is 2. The number of aliphatic hydroxyl groups is 1. The van der Waals surface area contributed by atoms with Gasteiger partial charge in [-0.3, -0.25) is 19.8 Å². The van der Waals surface area contributed by atoms with E-state index in [0.717, 1.165) is 75.5 Å². The van der Waals surface area contributed by atoms with Gasteiger partial charge < -0.3 is 35.1 Å². The predicted octanol–water partition coefficient (Wildman–Crippen LogP) is 7.41. The van der Waals surface area contributed by atoms with E-state index in [4.69, 9.17) is 9.47 Å². The summed E-state index contributed by atoms with van der Waals surface area (Å²) in [6.45, 7) is 11.0. The van der Waals surface area contributed by atoms with Crippen molar-refractivity contribution in [3.63, 3.8) is 0 Å². The number of H-pyrrole nitrogens is 1. The zero-order valence-electron chi connectivity index (χ0n) is 38.2. The number of rotatable bonds is 11. The van der Waals surface area contributed by atoms with E-state index in [1.54, 1.807) is 37.4 Å². The maximum Gasteiger partial charge on any atom is 0.300 e. The molecule has 2 saturated carbocycles. The number of ether oxygens (including phenoxy) is 2. The average Bonchev–Trinajstić information content (AvgIpc) is 3.78. The van der Waals surface area contributed by atoms with Gasteiger partial charge in [-0.25, -0.2) is 9.71 Å². The van der Waals surface area contributed by atoms with Crippen LogP contribution in [0.3, 0.4) is 0 Å². The Morgan fingerprint density at radius 3 is 2.58 bits per heavy atom. The molecule has 0 bridgehead atoms. The van der Waals surface area contributed by atoms with Gasteiger partial charge in [0.25, 0.3) is 15.9 Å². The molecule has 5 aromatic rings. The van der Waals surface area contributed by atoms with Crippen LogP contribution in [0.2, 0.25) is 0 Å². The predicted molar refractivity (Wildman–Crippen MR) is 253 cm³/mol. The molecular formula is C49H59N9O8S. The number of sulfonamides is 1. The summed E-state index contributed by atoms with van der Waals surface area (Å²) in [6.07, 6.45) is 10.2. The number of pyridine rings is 2. The standard InChI is InChI=1S/C49H59N9O8S/c1-30(2)36-6-4-5-7-37(36)41-28-50-18-21-57(41)34-25-49(26-34)15-19-56(20-16-49)33-8-9-38(42(23-33)66-35-22-32-12-17-51-45(32)52-27-35)46(59)55-67(63,64)43-24-40(58(61)62)44-47(54-43)65-29-39(53-44)31-10-13-48(3,60)14-11-31/h4-9,12,17,22-24,27,30-31,34,39,41,50,53,60H,10-11,13-16,18-21,25-26,28-29H2,1-3H3,(H,51,52)(H,55,59)/t31-,39-,41-,48-/m1/s1. The number of nitrogens with one attached hydrogen (secondary N) is 4. The van der Waals surface area contributed by atoms with Crippen molar-refractivity contribution in [1.29, 1.82) is 0 Å². The first kappa shape index (κ1) is 45.0. The number of anilines is 2. The Bertz CT molecular complexity index is 2790. The molecule has 354 valence electrons. The Morgan fingerprint density at radius 2 is 1.82 bits per heavy atom. The molecule has 6 heterocycles. The summed E-state index contributed by atoms with van der Waals surface area (Å²) in [6, 6.07) is 19.0. The maximum absolute atomic E-state index is 14.1. The molecule has 17 nitrogen and oxygen atoms in total. The summed E-state index contributed by atoms with van der Waals surface area (Å²) < 4.78 is 42.2. The molecule has 1 spiro atoms. The third-order valence-corrected chi connectivity index (χ3v) is 16.3. The number of aromatic amines is 1. The van der Waals surface area contributed by atoms with Gasteiger partial charge in [0.05, 0.1) is 34.4 Å². The molecule has 0 radical (unpaired) electrons. The molecule has 4 fully saturated rings. The number of amides is 1. The second kappa shape index (κ2) is 17.7. The van der Waals surface area contributed by atoms with Crippen molar-refractivity contribution in [2.24, 2.45) is 11.3 Å². The molecule has 2 atom stereocenters. The average molecular weight is 934 g/mol. The van der Waals surface area contributed by atoms with Crippen LogP contribution < -0.4 is 29.7 Å². The van der Waals surface area contributed by atoms with Crippen LogP contribution in [0.5, 0.6) is 17.4 Å². The first-order valence-electron chi connectivity index (χ1n) is 23.6. The van der Waals surface area contributed by atoms with Gasteiger partial charge in [0.1, 0.15) is 23.8 Å². The van der Waals surface area contributed by atoms with Gasteiger partial charge in [0.15, 0.2) is 10.7 Å². The Labute approximate surface area is 390 Å². The Kier molecular flexibility index (Phi) is 11.9. The molecular weight excluding hydrogens is 875 g/mol. The van der Waals surface area contributed by atoms with Gasteiger partial charge in [-0.05, 0) is 111 Å². The number of hydrogen-bond acceptors (Lipinski definition) is 14. The summed E-state index contributed by atoms with van der Waals surface area (Å²) >= 11 is 0. The molecule has 1 amide bonds. The monoisotopic (exact) mass is 933 g/mol. The van der Waals surface area contributed by atoms with Gasteiger partial charge >= 0.3 is 5.69 Å². The molecule has 2 aliphatic carbocycles. The highest BCUT2D eigenvalue weighted by Gasteiger charge is 2.50. The van der Waals surface area contributed by atoms with Gasteiger partial charge in [-0.2, -0.15) is 13.4 Å². The maximum atomic E-state index is 14.1. The van der Waals surface area contributed by atoms with Gasteiger partial charge in [0.2, 0.25) is 5.88 Å². The fourth-order valence-electron chi connectivity index (χ4n) is 11.2. The normalized spacial score (nSPS) is 24.4. The lowest BCUT2D eigenvalue weighted by molar-refractivity contribution is -0.384. The smallest absolute Gasteiger partial charge is 0.300 e. The lowest BCUT2D eigenvalue weighted by Gasteiger charge is -2.57. The second-order valence-corrected chi connectivity index (χ2v) is 21.5. The highest BCUT2D eigenvalue weighted by molar-refractivity contribution is 7.90.